The van der Waals surface area contributed by atoms with Gasteiger partial charge in [0.25, 0.3) is 5.91 Å². The Morgan fingerprint density at radius 2 is 1.80 bits per heavy atom. The molecular weight excluding hydrogens is 412 g/mol. The number of thioether (sulfide) groups is 1. The van der Waals surface area contributed by atoms with Gasteiger partial charge in [-0.15, -0.1) is 11.3 Å². The van der Waals surface area contributed by atoms with Crippen molar-refractivity contribution in [3.8, 4) is 0 Å². The van der Waals surface area contributed by atoms with Crippen LogP contribution in [0.15, 0.2) is 70.6 Å². The number of carbonyl (C=O) groups is 1. The van der Waals surface area contributed by atoms with Crippen molar-refractivity contribution in [2.45, 2.75) is 30.5 Å². The van der Waals surface area contributed by atoms with Crippen molar-refractivity contribution in [3.05, 3.63) is 94.5 Å². The summed E-state index contributed by atoms with van der Waals surface area (Å²) in [6.45, 7) is 4.75. The van der Waals surface area contributed by atoms with Gasteiger partial charge < -0.3 is 9.88 Å². The van der Waals surface area contributed by atoms with Crippen molar-refractivity contribution < 1.29 is 4.79 Å². The second kappa shape index (κ2) is 9.28. The first-order chi connectivity index (χ1) is 14.6. The van der Waals surface area contributed by atoms with Crippen LogP contribution in [-0.2, 0) is 12.3 Å². The minimum absolute atomic E-state index is 0.108. The average molecular weight is 435 g/mol. The van der Waals surface area contributed by atoms with E-state index < -0.39 is 0 Å². The zero-order valence-corrected chi connectivity index (χ0v) is 18.5. The standard InChI is InChI=1S/C23H22N4OS2/c1-16-14-29-23(25-16)30-15-19-3-7-20(8-4-19)22(28)26-21-9-5-18(6-10-21)13-27-12-11-24-17(27)2/h3-12,14H,13,15H2,1-2H3,(H,26,28). The molecule has 30 heavy (non-hydrogen) atoms. The van der Waals surface area contributed by atoms with Crippen LogP contribution in [0.2, 0.25) is 0 Å². The van der Waals surface area contributed by atoms with Gasteiger partial charge in [-0.1, -0.05) is 36.0 Å². The molecule has 0 saturated heterocycles. The van der Waals surface area contributed by atoms with E-state index in [1.807, 2.05) is 68.6 Å². The first-order valence-electron chi connectivity index (χ1n) is 9.59. The third-order valence-corrected chi connectivity index (χ3v) is 6.87. The van der Waals surface area contributed by atoms with Gasteiger partial charge in [-0.05, 0) is 49.2 Å². The molecule has 152 valence electrons. The van der Waals surface area contributed by atoms with Crippen LogP contribution in [0.25, 0.3) is 0 Å². The van der Waals surface area contributed by atoms with Gasteiger partial charge in [0.1, 0.15) is 10.2 Å². The smallest absolute Gasteiger partial charge is 0.255 e. The third kappa shape index (κ3) is 5.17. The van der Waals surface area contributed by atoms with Gasteiger partial charge in [0, 0.05) is 47.0 Å². The van der Waals surface area contributed by atoms with Gasteiger partial charge in [0.2, 0.25) is 0 Å². The van der Waals surface area contributed by atoms with Crippen molar-refractivity contribution >= 4 is 34.7 Å². The summed E-state index contributed by atoms with van der Waals surface area (Å²) in [7, 11) is 0. The molecule has 0 spiro atoms. The van der Waals surface area contributed by atoms with E-state index in [1.54, 1.807) is 29.3 Å². The molecule has 2 aromatic heterocycles. The normalized spacial score (nSPS) is 10.9. The SMILES string of the molecule is Cc1csc(SCc2ccc(C(=O)Nc3ccc(Cn4ccnc4C)cc3)cc2)n1. The van der Waals surface area contributed by atoms with Crippen molar-refractivity contribution in [1.29, 1.82) is 0 Å². The third-order valence-electron chi connectivity index (χ3n) is 4.66. The summed E-state index contributed by atoms with van der Waals surface area (Å²) in [5, 5.41) is 5.02. The molecule has 0 radical (unpaired) electrons. The van der Waals surface area contributed by atoms with E-state index >= 15 is 0 Å². The van der Waals surface area contributed by atoms with Crippen LogP contribution in [0.1, 0.15) is 33.0 Å². The maximum Gasteiger partial charge on any atom is 0.255 e. The van der Waals surface area contributed by atoms with Gasteiger partial charge in [0.15, 0.2) is 0 Å². The number of anilines is 1. The van der Waals surface area contributed by atoms with Crippen LogP contribution in [0.3, 0.4) is 0 Å². The number of aryl methyl sites for hydroxylation is 2. The lowest BCUT2D eigenvalue weighted by Gasteiger charge is -2.09. The number of amides is 1. The summed E-state index contributed by atoms with van der Waals surface area (Å²) in [5.41, 5.74) is 4.81. The van der Waals surface area contributed by atoms with Crippen LogP contribution >= 0.6 is 23.1 Å². The van der Waals surface area contributed by atoms with E-state index in [0.717, 1.165) is 39.4 Å². The van der Waals surface area contributed by atoms with Gasteiger partial charge in [0.05, 0.1) is 0 Å². The molecule has 2 heterocycles. The number of carbonyl (C=O) groups excluding carboxylic acids is 1. The van der Waals surface area contributed by atoms with E-state index in [4.69, 9.17) is 0 Å². The number of thiazole rings is 1. The Kier molecular flexibility index (Phi) is 6.30. The highest BCUT2D eigenvalue weighted by molar-refractivity contribution is 8.00. The summed E-state index contributed by atoms with van der Waals surface area (Å²) >= 11 is 3.38. The molecule has 0 aliphatic heterocycles. The summed E-state index contributed by atoms with van der Waals surface area (Å²) < 4.78 is 3.16. The highest BCUT2D eigenvalue weighted by atomic mass is 32.2. The Bertz CT molecular complexity index is 1130. The highest BCUT2D eigenvalue weighted by Gasteiger charge is 2.07. The van der Waals surface area contributed by atoms with Gasteiger partial charge in [-0.3, -0.25) is 4.79 Å². The first kappa shape index (κ1) is 20.4. The Morgan fingerprint density at radius 1 is 1.07 bits per heavy atom. The molecule has 0 fully saturated rings. The van der Waals surface area contributed by atoms with Crippen molar-refractivity contribution in [2.75, 3.05) is 5.32 Å². The van der Waals surface area contributed by atoms with Crippen LogP contribution in [0.5, 0.6) is 0 Å². The maximum atomic E-state index is 12.6. The molecule has 1 amide bonds. The Labute approximate surface area is 184 Å². The molecule has 0 aliphatic carbocycles. The number of nitrogens with one attached hydrogen (secondary N) is 1. The molecule has 1 N–H and O–H groups in total. The molecule has 0 aliphatic rings. The maximum absolute atomic E-state index is 12.6. The molecule has 7 heteroatoms. The van der Waals surface area contributed by atoms with E-state index in [-0.39, 0.29) is 5.91 Å². The summed E-state index contributed by atoms with van der Waals surface area (Å²) in [6.07, 6.45) is 3.76. The van der Waals surface area contributed by atoms with E-state index in [9.17, 15) is 4.79 Å². The zero-order chi connectivity index (χ0) is 20.9. The molecular formula is C23H22N4OS2. The minimum Gasteiger partial charge on any atom is -0.331 e. The number of nitrogens with zero attached hydrogens (tertiary/aromatic N) is 3. The molecule has 4 rings (SSSR count). The fraction of sp³-hybridized carbons (Fsp3) is 0.174. The predicted octanol–water partition coefficient (Wildman–Crippen LogP) is 5.55. The zero-order valence-electron chi connectivity index (χ0n) is 16.8. The molecule has 2 aromatic carbocycles. The van der Waals surface area contributed by atoms with Crippen LogP contribution in [0, 0.1) is 13.8 Å². The van der Waals surface area contributed by atoms with Gasteiger partial charge in [-0.25, -0.2) is 9.97 Å². The van der Waals surface area contributed by atoms with E-state index in [0.29, 0.717) is 5.56 Å². The lowest BCUT2D eigenvalue weighted by atomic mass is 10.1. The fourth-order valence-electron chi connectivity index (χ4n) is 2.96. The van der Waals surface area contributed by atoms with E-state index in [2.05, 4.69) is 25.2 Å². The van der Waals surface area contributed by atoms with Gasteiger partial charge >= 0.3 is 0 Å². The predicted molar refractivity (Wildman–Crippen MR) is 123 cm³/mol. The molecule has 0 saturated carbocycles. The number of aromatic nitrogens is 3. The lowest BCUT2D eigenvalue weighted by Crippen LogP contribution is -2.12. The number of hydrogen-bond donors (Lipinski definition) is 1. The van der Waals surface area contributed by atoms with Crippen LogP contribution < -0.4 is 5.32 Å². The fourth-order valence-corrected chi connectivity index (χ4v) is 4.77. The minimum atomic E-state index is -0.108. The second-order valence-electron chi connectivity index (χ2n) is 6.99. The summed E-state index contributed by atoms with van der Waals surface area (Å²) in [6, 6.07) is 15.6. The monoisotopic (exact) mass is 434 g/mol. The quantitative estimate of drug-likeness (QED) is 0.388. The largest absolute Gasteiger partial charge is 0.331 e. The molecule has 5 nitrogen and oxygen atoms in total. The number of benzene rings is 2. The van der Waals surface area contributed by atoms with Crippen molar-refractivity contribution in [3.63, 3.8) is 0 Å². The van der Waals surface area contributed by atoms with Crippen LogP contribution in [0.4, 0.5) is 5.69 Å². The number of hydrogen-bond acceptors (Lipinski definition) is 5. The first-order valence-corrected chi connectivity index (χ1v) is 11.5. The number of rotatable bonds is 7. The molecule has 0 unspecified atom stereocenters. The topological polar surface area (TPSA) is 59.8 Å². The Morgan fingerprint density at radius 3 is 2.43 bits per heavy atom. The Balaban J connectivity index is 1.32. The van der Waals surface area contributed by atoms with Crippen LogP contribution in [-0.4, -0.2) is 20.4 Å². The Hall–Kier alpha value is -2.90. The van der Waals surface area contributed by atoms with Crippen molar-refractivity contribution in [1.82, 2.24) is 14.5 Å². The molecule has 4 aromatic rings. The summed E-state index contributed by atoms with van der Waals surface area (Å²) in [5.74, 6) is 1.71. The van der Waals surface area contributed by atoms with E-state index in [1.165, 1.54) is 5.56 Å². The molecule has 0 atom stereocenters. The highest BCUT2D eigenvalue weighted by Crippen LogP contribution is 2.26. The molecule has 0 bridgehead atoms. The average Bonchev–Trinajstić information content (AvgIpc) is 3.36. The number of imidazole rings is 1. The second-order valence-corrected chi connectivity index (χ2v) is 9.07. The summed E-state index contributed by atoms with van der Waals surface area (Å²) in [4.78, 5) is 21.3. The van der Waals surface area contributed by atoms with Crippen molar-refractivity contribution in [2.24, 2.45) is 0 Å². The van der Waals surface area contributed by atoms with Gasteiger partial charge in [-0.2, -0.15) is 0 Å². The lowest BCUT2D eigenvalue weighted by molar-refractivity contribution is 0.102.